The van der Waals surface area contributed by atoms with Crippen LogP contribution in [0.25, 0.3) is 0 Å². The van der Waals surface area contributed by atoms with Crippen LogP contribution in [0.5, 0.6) is 0 Å². The Morgan fingerprint density at radius 2 is 0.974 bits per heavy atom. The molecule has 39 heavy (non-hydrogen) atoms. The molecule has 0 unspecified atom stereocenters. The molecule has 0 heterocycles. The summed E-state index contributed by atoms with van der Waals surface area (Å²) in [6.07, 6.45) is 21.1. The Morgan fingerprint density at radius 3 is 1.49 bits per heavy atom. The van der Waals surface area contributed by atoms with Crippen LogP contribution in [0.15, 0.2) is 0 Å². The molecule has 0 fully saturated rings. The first-order valence-corrected chi connectivity index (χ1v) is 15.5. The van der Waals surface area contributed by atoms with Crippen molar-refractivity contribution in [3.05, 3.63) is 0 Å². The maximum atomic E-state index is 11.9. The molecule has 0 aliphatic heterocycles. The highest BCUT2D eigenvalue weighted by atomic mass is 16.5. The molecule has 0 rings (SSSR count). The minimum Gasteiger partial charge on any atom is -0.377 e. The van der Waals surface area contributed by atoms with Gasteiger partial charge in [0, 0.05) is 19.5 Å². The van der Waals surface area contributed by atoms with Crippen LogP contribution in [0.1, 0.15) is 110 Å². The fourth-order valence-electron chi connectivity index (χ4n) is 4.06. The van der Waals surface area contributed by atoms with Crippen LogP contribution in [-0.2, 0) is 33.3 Å². The van der Waals surface area contributed by atoms with E-state index in [1.54, 1.807) is 0 Å². The molecule has 0 aliphatic carbocycles. The first-order chi connectivity index (χ1) is 19.2. The topological polar surface area (TPSA) is 112 Å². The summed E-state index contributed by atoms with van der Waals surface area (Å²) >= 11 is 0. The third-order valence-electron chi connectivity index (χ3n) is 6.31. The Morgan fingerprint density at radius 1 is 0.538 bits per heavy atom. The standard InChI is InChI=1S/C30H58N2O7/c1-2-3-4-5-6-7-8-9-10-11-12-13-14-15-16-17-29(34)31-18-21-37-26-27-39-28-30(35)32-19-22-36-24-25-38-23-20-33/h20H,2-19,21-28H2,1H3,(H,31,34)(H,32,35). The van der Waals surface area contributed by atoms with E-state index in [0.29, 0.717) is 65.4 Å². The number of carbonyl (C=O) groups excluding carboxylic acids is 3. The lowest BCUT2D eigenvalue weighted by Crippen LogP contribution is -2.31. The quantitative estimate of drug-likeness (QED) is 0.0905. The molecule has 0 atom stereocenters. The summed E-state index contributed by atoms with van der Waals surface area (Å²) in [5, 5.41) is 5.57. The van der Waals surface area contributed by atoms with Gasteiger partial charge in [-0.2, -0.15) is 0 Å². The molecule has 0 aromatic rings. The summed E-state index contributed by atoms with van der Waals surface area (Å²) in [7, 11) is 0. The fraction of sp³-hybridized carbons (Fsp3) is 0.900. The number of amides is 2. The van der Waals surface area contributed by atoms with Crippen LogP contribution in [0.2, 0.25) is 0 Å². The Balaban J connectivity index is 3.24. The van der Waals surface area contributed by atoms with Gasteiger partial charge in [-0.05, 0) is 6.42 Å². The highest BCUT2D eigenvalue weighted by molar-refractivity contribution is 5.77. The molecule has 9 nitrogen and oxygen atoms in total. The molecule has 0 bridgehead atoms. The summed E-state index contributed by atoms with van der Waals surface area (Å²) < 4.78 is 20.9. The van der Waals surface area contributed by atoms with Gasteiger partial charge in [-0.3, -0.25) is 9.59 Å². The number of rotatable bonds is 32. The van der Waals surface area contributed by atoms with Crippen molar-refractivity contribution in [3.8, 4) is 0 Å². The van der Waals surface area contributed by atoms with Crippen molar-refractivity contribution in [3.63, 3.8) is 0 Å². The van der Waals surface area contributed by atoms with Gasteiger partial charge in [-0.1, -0.05) is 96.8 Å². The summed E-state index contributed by atoms with van der Waals surface area (Å²) in [6, 6.07) is 0. The van der Waals surface area contributed by atoms with Gasteiger partial charge >= 0.3 is 0 Å². The van der Waals surface area contributed by atoms with Crippen molar-refractivity contribution in [2.75, 3.05) is 65.9 Å². The zero-order valence-electron chi connectivity index (χ0n) is 24.8. The summed E-state index contributed by atoms with van der Waals surface area (Å²) in [5.74, 6) is -0.138. The Labute approximate surface area is 237 Å². The van der Waals surface area contributed by atoms with Crippen molar-refractivity contribution in [2.24, 2.45) is 0 Å². The van der Waals surface area contributed by atoms with Crippen LogP contribution < -0.4 is 10.6 Å². The van der Waals surface area contributed by atoms with E-state index in [0.717, 1.165) is 12.8 Å². The van der Waals surface area contributed by atoms with Gasteiger partial charge in [0.15, 0.2) is 0 Å². The summed E-state index contributed by atoms with van der Waals surface area (Å²) in [5.41, 5.74) is 0. The molecule has 0 radical (unpaired) electrons. The third kappa shape index (κ3) is 32.6. The monoisotopic (exact) mass is 558 g/mol. The molecule has 2 amide bonds. The number of carbonyl (C=O) groups is 3. The third-order valence-corrected chi connectivity index (χ3v) is 6.31. The van der Waals surface area contributed by atoms with Crippen LogP contribution in [0.4, 0.5) is 0 Å². The number of hydrogen-bond acceptors (Lipinski definition) is 7. The van der Waals surface area contributed by atoms with Crippen molar-refractivity contribution < 1.29 is 33.3 Å². The first kappa shape index (κ1) is 37.5. The molecule has 0 spiro atoms. The lowest BCUT2D eigenvalue weighted by molar-refractivity contribution is -0.126. The Bertz CT molecular complexity index is 549. The van der Waals surface area contributed by atoms with E-state index in [-0.39, 0.29) is 25.0 Å². The minimum atomic E-state index is -0.220. The van der Waals surface area contributed by atoms with Gasteiger partial charge in [0.1, 0.15) is 19.5 Å². The number of unbranched alkanes of at least 4 members (excludes halogenated alkanes) is 14. The predicted octanol–water partition coefficient (Wildman–Crippen LogP) is 4.75. The van der Waals surface area contributed by atoms with Gasteiger partial charge in [-0.15, -0.1) is 0 Å². The second-order valence-electron chi connectivity index (χ2n) is 9.92. The molecular formula is C30H58N2O7. The van der Waals surface area contributed by atoms with Crippen molar-refractivity contribution in [2.45, 2.75) is 110 Å². The van der Waals surface area contributed by atoms with E-state index >= 15 is 0 Å². The largest absolute Gasteiger partial charge is 0.377 e. The number of nitrogens with one attached hydrogen (secondary N) is 2. The van der Waals surface area contributed by atoms with Crippen molar-refractivity contribution >= 4 is 18.1 Å². The average molecular weight is 559 g/mol. The van der Waals surface area contributed by atoms with E-state index in [4.69, 9.17) is 18.9 Å². The highest BCUT2D eigenvalue weighted by Crippen LogP contribution is 2.13. The molecule has 0 aromatic carbocycles. The van der Waals surface area contributed by atoms with E-state index in [2.05, 4.69) is 17.6 Å². The Kier molecular flexibility index (Phi) is 31.4. The molecule has 0 saturated heterocycles. The normalized spacial score (nSPS) is 11.0. The highest BCUT2D eigenvalue weighted by Gasteiger charge is 2.02. The fourth-order valence-corrected chi connectivity index (χ4v) is 4.06. The molecule has 0 aliphatic rings. The van der Waals surface area contributed by atoms with E-state index in [1.807, 2.05) is 0 Å². The van der Waals surface area contributed by atoms with Crippen LogP contribution in [0.3, 0.4) is 0 Å². The number of hydrogen-bond donors (Lipinski definition) is 2. The molecule has 2 N–H and O–H groups in total. The summed E-state index contributed by atoms with van der Waals surface area (Å²) in [6.45, 7) is 5.35. The van der Waals surface area contributed by atoms with Gasteiger partial charge in [0.2, 0.25) is 11.8 Å². The van der Waals surface area contributed by atoms with E-state index in [9.17, 15) is 14.4 Å². The summed E-state index contributed by atoms with van der Waals surface area (Å²) in [4.78, 5) is 33.6. The zero-order valence-corrected chi connectivity index (χ0v) is 24.8. The average Bonchev–Trinajstić information content (AvgIpc) is 2.93. The maximum Gasteiger partial charge on any atom is 0.246 e. The van der Waals surface area contributed by atoms with E-state index < -0.39 is 0 Å². The lowest BCUT2D eigenvalue weighted by atomic mass is 10.0. The van der Waals surface area contributed by atoms with Gasteiger partial charge in [0.05, 0.1) is 39.6 Å². The van der Waals surface area contributed by atoms with Crippen LogP contribution in [0, 0.1) is 0 Å². The predicted molar refractivity (Wildman–Crippen MR) is 155 cm³/mol. The van der Waals surface area contributed by atoms with Gasteiger partial charge in [-0.25, -0.2) is 0 Å². The first-order valence-electron chi connectivity index (χ1n) is 15.5. The second kappa shape index (κ2) is 32.7. The zero-order chi connectivity index (χ0) is 28.5. The molecule has 230 valence electrons. The molecular weight excluding hydrogens is 500 g/mol. The van der Waals surface area contributed by atoms with Crippen molar-refractivity contribution in [1.29, 1.82) is 0 Å². The minimum absolute atomic E-state index is 0.0399. The molecule has 0 aromatic heterocycles. The van der Waals surface area contributed by atoms with Crippen molar-refractivity contribution in [1.82, 2.24) is 10.6 Å². The van der Waals surface area contributed by atoms with E-state index in [1.165, 1.54) is 83.5 Å². The SMILES string of the molecule is CCCCCCCCCCCCCCCCCC(=O)NCCOCCOCC(=O)NCCOCCOCC=O. The number of ether oxygens (including phenoxy) is 4. The second-order valence-corrected chi connectivity index (χ2v) is 9.92. The lowest BCUT2D eigenvalue weighted by Gasteiger charge is -2.08. The number of aldehydes is 1. The molecule has 0 saturated carbocycles. The van der Waals surface area contributed by atoms with Gasteiger partial charge in [0.25, 0.3) is 0 Å². The molecule has 9 heteroatoms. The van der Waals surface area contributed by atoms with Gasteiger partial charge < -0.3 is 34.4 Å². The van der Waals surface area contributed by atoms with Crippen LogP contribution >= 0.6 is 0 Å². The smallest absolute Gasteiger partial charge is 0.246 e. The Hall–Kier alpha value is -1.55. The van der Waals surface area contributed by atoms with Crippen LogP contribution in [-0.4, -0.2) is 84.0 Å². The maximum absolute atomic E-state index is 11.9.